The smallest absolute Gasteiger partial charge is 0.221 e. The fourth-order valence-corrected chi connectivity index (χ4v) is 2.51. The predicted octanol–water partition coefficient (Wildman–Crippen LogP) is 3.21. The molecule has 118 valence electrons. The van der Waals surface area contributed by atoms with E-state index in [9.17, 15) is 9.18 Å². The van der Waals surface area contributed by atoms with Gasteiger partial charge in [0.25, 0.3) is 0 Å². The third-order valence-electron chi connectivity index (χ3n) is 3.31. The highest BCUT2D eigenvalue weighted by Gasteiger charge is 2.18. The highest BCUT2D eigenvalue weighted by Crippen LogP contribution is 2.21. The van der Waals surface area contributed by atoms with Crippen LogP contribution in [0.3, 0.4) is 0 Å². The summed E-state index contributed by atoms with van der Waals surface area (Å²) in [7, 11) is 0. The third-order valence-corrected chi connectivity index (χ3v) is 3.31. The van der Waals surface area contributed by atoms with E-state index in [0.717, 1.165) is 12.0 Å². The van der Waals surface area contributed by atoms with Gasteiger partial charge in [-0.2, -0.15) is 0 Å². The summed E-state index contributed by atoms with van der Waals surface area (Å²) < 4.78 is 13.5. The number of benzene rings is 1. The Morgan fingerprint density at radius 3 is 2.29 bits per heavy atom. The average Bonchev–Trinajstić information content (AvgIpc) is 2.30. The van der Waals surface area contributed by atoms with Crippen molar-refractivity contribution in [1.29, 1.82) is 0 Å². The van der Waals surface area contributed by atoms with E-state index in [1.54, 1.807) is 26.0 Å². The zero-order valence-electron chi connectivity index (χ0n) is 13.7. The lowest BCUT2D eigenvalue weighted by molar-refractivity contribution is -0.121. The summed E-state index contributed by atoms with van der Waals surface area (Å²) in [4.78, 5) is 11.9. The summed E-state index contributed by atoms with van der Waals surface area (Å²) in [6.45, 7) is 10.2. The molecule has 0 radical (unpaired) electrons. The summed E-state index contributed by atoms with van der Waals surface area (Å²) in [5.74, 6) is -0.247. The van der Waals surface area contributed by atoms with Gasteiger partial charge in [-0.1, -0.05) is 32.9 Å². The zero-order chi connectivity index (χ0) is 16.2. The molecule has 3 N–H and O–H groups in total. The lowest BCUT2D eigenvalue weighted by Crippen LogP contribution is -2.34. The number of hydrogen-bond donors (Lipinski definition) is 2. The predicted molar refractivity (Wildman–Crippen MR) is 84.4 cm³/mol. The Morgan fingerprint density at radius 2 is 1.81 bits per heavy atom. The maximum Gasteiger partial charge on any atom is 0.221 e. The number of hydrogen-bond acceptors (Lipinski definition) is 2. The minimum absolute atomic E-state index is 0.0635. The van der Waals surface area contributed by atoms with Crippen LogP contribution in [-0.4, -0.2) is 11.9 Å². The van der Waals surface area contributed by atoms with Crippen molar-refractivity contribution in [3.8, 4) is 0 Å². The molecule has 0 saturated carbocycles. The SMILES string of the molecule is Cc1cc(CNC(=O)CC(N)CC(C)(C)C)cc(C)c1F. The maximum atomic E-state index is 13.5. The highest BCUT2D eigenvalue weighted by atomic mass is 19.1. The van der Waals surface area contributed by atoms with E-state index in [1.165, 1.54) is 0 Å². The molecule has 3 nitrogen and oxygen atoms in total. The van der Waals surface area contributed by atoms with Crippen LogP contribution in [0.4, 0.5) is 4.39 Å². The van der Waals surface area contributed by atoms with Gasteiger partial charge in [0.2, 0.25) is 5.91 Å². The zero-order valence-corrected chi connectivity index (χ0v) is 13.7. The van der Waals surface area contributed by atoms with Crippen molar-refractivity contribution in [2.24, 2.45) is 11.1 Å². The number of carbonyl (C=O) groups excluding carboxylic acids is 1. The first-order valence-electron chi connectivity index (χ1n) is 7.36. The lowest BCUT2D eigenvalue weighted by Gasteiger charge is -2.22. The van der Waals surface area contributed by atoms with E-state index < -0.39 is 0 Å². The molecule has 0 saturated heterocycles. The van der Waals surface area contributed by atoms with Gasteiger partial charge in [0.1, 0.15) is 5.82 Å². The van der Waals surface area contributed by atoms with Crippen LogP contribution in [-0.2, 0) is 11.3 Å². The topological polar surface area (TPSA) is 55.1 Å². The minimum atomic E-state index is -0.183. The number of nitrogens with two attached hydrogens (primary N) is 1. The van der Waals surface area contributed by atoms with E-state index in [0.29, 0.717) is 24.1 Å². The molecule has 0 aromatic heterocycles. The Balaban J connectivity index is 2.50. The Labute approximate surface area is 127 Å². The molecule has 1 amide bonds. The van der Waals surface area contributed by atoms with Crippen LogP contribution in [0.2, 0.25) is 0 Å². The summed E-state index contributed by atoms with van der Waals surface area (Å²) in [5.41, 5.74) is 8.21. The molecular weight excluding hydrogens is 267 g/mol. The first-order chi connectivity index (χ1) is 9.58. The van der Waals surface area contributed by atoms with Gasteiger partial charge in [0.15, 0.2) is 0 Å². The van der Waals surface area contributed by atoms with Crippen molar-refractivity contribution in [3.63, 3.8) is 0 Å². The van der Waals surface area contributed by atoms with Crippen LogP contribution in [0.15, 0.2) is 12.1 Å². The molecule has 0 aliphatic rings. The van der Waals surface area contributed by atoms with Crippen molar-refractivity contribution in [2.75, 3.05) is 0 Å². The number of nitrogens with one attached hydrogen (secondary N) is 1. The van der Waals surface area contributed by atoms with Crippen LogP contribution in [0.5, 0.6) is 0 Å². The molecular formula is C17H27FN2O. The summed E-state index contributed by atoms with van der Waals surface area (Å²) in [5, 5.41) is 2.85. The van der Waals surface area contributed by atoms with Crippen LogP contribution < -0.4 is 11.1 Å². The molecule has 0 heterocycles. The van der Waals surface area contributed by atoms with Gasteiger partial charge in [-0.3, -0.25) is 4.79 Å². The number of aryl methyl sites for hydroxylation is 2. The van der Waals surface area contributed by atoms with Crippen LogP contribution in [0.1, 0.15) is 50.3 Å². The van der Waals surface area contributed by atoms with Crippen molar-refractivity contribution in [3.05, 3.63) is 34.6 Å². The van der Waals surface area contributed by atoms with Gasteiger partial charge in [-0.05, 0) is 42.4 Å². The Morgan fingerprint density at radius 1 is 1.29 bits per heavy atom. The third kappa shape index (κ3) is 6.25. The van der Waals surface area contributed by atoms with Crippen LogP contribution >= 0.6 is 0 Å². The highest BCUT2D eigenvalue weighted by molar-refractivity contribution is 5.76. The molecule has 1 aromatic carbocycles. The molecule has 0 fully saturated rings. The van der Waals surface area contributed by atoms with E-state index in [-0.39, 0.29) is 23.2 Å². The maximum absolute atomic E-state index is 13.5. The first-order valence-corrected chi connectivity index (χ1v) is 7.36. The Kier molecular flexibility index (Phi) is 5.90. The van der Waals surface area contributed by atoms with Crippen molar-refractivity contribution in [2.45, 2.75) is 60.0 Å². The van der Waals surface area contributed by atoms with E-state index >= 15 is 0 Å². The fourth-order valence-electron chi connectivity index (χ4n) is 2.51. The molecule has 0 spiro atoms. The fraction of sp³-hybridized carbons (Fsp3) is 0.588. The summed E-state index contributed by atoms with van der Waals surface area (Å²) in [6.07, 6.45) is 1.12. The van der Waals surface area contributed by atoms with E-state index in [4.69, 9.17) is 5.73 Å². The van der Waals surface area contributed by atoms with Crippen molar-refractivity contribution < 1.29 is 9.18 Å². The Hall–Kier alpha value is -1.42. The van der Waals surface area contributed by atoms with E-state index in [2.05, 4.69) is 26.1 Å². The second kappa shape index (κ2) is 7.03. The standard InChI is InChI=1S/C17H27FN2O/c1-11-6-13(7-12(2)16(11)18)10-20-15(21)8-14(19)9-17(3,4)5/h6-7,14H,8-10,19H2,1-5H3,(H,20,21). The number of halogens is 1. The molecule has 1 aromatic rings. The molecule has 0 aliphatic heterocycles. The quantitative estimate of drug-likeness (QED) is 0.876. The van der Waals surface area contributed by atoms with Crippen molar-refractivity contribution >= 4 is 5.91 Å². The second-order valence-corrected chi connectivity index (χ2v) is 7.05. The number of rotatable bonds is 5. The van der Waals surface area contributed by atoms with E-state index in [1.807, 2.05) is 0 Å². The number of amides is 1. The molecule has 0 bridgehead atoms. The first kappa shape index (κ1) is 17.6. The van der Waals surface area contributed by atoms with Gasteiger partial charge in [0.05, 0.1) is 0 Å². The van der Waals surface area contributed by atoms with Gasteiger partial charge in [0, 0.05) is 19.0 Å². The second-order valence-electron chi connectivity index (χ2n) is 7.05. The molecule has 4 heteroatoms. The molecule has 1 atom stereocenters. The summed E-state index contributed by atoms with van der Waals surface area (Å²) >= 11 is 0. The monoisotopic (exact) mass is 294 g/mol. The van der Waals surface area contributed by atoms with Crippen LogP contribution in [0, 0.1) is 25.1 Å². The normalized spacial score (nSPS) is 13.1. The van der Waals surface area contributed by atoms with Gasteiger partial charge in [-0.25, -0.2) is 4.39 Å². The Bertz CT molecular complexity index is 483. The molecule has 0 aliphatic carbocycles. The molecule has 21 heavy (non-hydrogen) atoms. The minimum Gasteiger partial charge on any atom is -0.352 e. The largest absolute Gasteiger partial charge is 0.352 e. The lowest BCUT2D eigenvalue weighted by atomic mass is 9.87. The van der Waals surface area contributed by atoms with Gasteiger partial charge in [-0.15, -0.1) is 0 Å². The van der Waals surface area contributed by atoms with Gasteiger partial charge >= 0.3 is 0 Å². The number of carbonyl (C=O) groups is 1. The van der Waals surface area contributed by atoms with Crippen LogP contribution in [0.25, 0.3) is 0 Å². The van der Waals surface area contributed by atoms with Gasteiger partial charge < -0.3 is 11.1 Å². The average molecular weight is 294 g/mol. The molecule has 1 unspecified atom stereocenters. The summed E-state index contributed by atoms with van der Waals surface area (Å²) in [6, 6.07) is 3.39. The van der Waals surface area contributed by atoms with Crippen molar-refractivity contribution in [1.82, 2.24) is 5.32 Å². The molecule has 1 rings (SSSR count).